The summed E-state index contributed by atoms with van der Waals surface area (Å²) in [7, 11) is -2.29. The van der Waals surface area contributed by atoms with Crippen molar-refractivity contribution in [2.24, 2.45) is 0 Å². The number of hydrogen-bond acceptors (Lipinski definition) is 4. The molecular formula is C22H28ClN3O4S. The van der Waals surface area contributed by atoms with E-state index in [0.29, 0.717) is 5.02 Å². The van der Waals surface area contributed by atoms with E-state index >= 15 is 0 Å². The molecule has 0 bridgehead atoms. The highest BCUT2D eigenvalue weighted by Gasteiger charge is 2.29. The zero-order chi connectivity index (χ0) is 23.3. The van der Waals surface area contributed by atoms with E-state index < -0.39 is 28.5 Å². The number of hydrogen-bond donors (Lipinski definition) is 1. The number of nitrogens with zero attached hydrogens (tertiary/aromatic N) is 2. The van der Waals surface area contributed by atoms with Crippen LogP contribution in [0.3, 0.4) is 0 Å². The van der Waals surface area contributed by atoms with Crippen LogP contribution in [-0.2, 0) is 26.2 Å². The summed E-state index contributed by atoms with van der Waals surface area (Å²) in [6.45, 7) is 5.06. The van der Waals surface area contributed by atoms with E-state index in [1.807, 2.05) is 31.2 Å². The molecule has 2 aromatic rings. The van der Waals surface area contributed by atoms with Gasteiger partial charge in [0.25, 0.3) is 0 Å². The van der Waals surface area contributed by atoms with Crippen molar-refractivity contribution in [3.8, 4) is 0 Å². The Morgan fingerprint density at radius 1 is 1.13 bits per heavy atom. The van der Waals surface area contributed by atoms with Gasteiger partial charge in [-0.05, 0) is 44.0 Å². The second-order valence-corrected chi connectivity index (χ2v) is 9.82. The number of benzene rings is 2. The number of carbonyl (C=O) groups is 2. The molecule has 0 aromatic heterocycles. The molecule has 1 atom stereocenters. The minimum atomic E-state index is -3.78. The number of sulfonamides is 1. The van der Waals surface area contributed by atoms with Gasteiger partial charge in [-0.1, -0.05) is 47.5 Å². The predicted octanol–water partition coefficient (Wildman–Crippen LogP) is 2.89. The molecule has 0 fully saturated rings. The molecule has 0 radical (unpaired) electrons. The summed E-state index contributed by atoms with van der Waals surface area (Å²) >= 11 is 6.17. The van der Waals surface area contributed by atoms with Gasteiger partial charge in [-0.2, -0.15) is 0 Å². The van der Waals surface area contributed by atoms with E-state index in [1.54, 1.807) is 26.0 Å². The average molecular weight is 466 g/mol. The number of anilines is 1. The van der Waals surface area contributed by atoms with Gasteiger partial charge < -0.3 is 10.2 Å². The van der Waals surface area contributed by atoms with Crippen LogP contribution >= 0.6 is 11.6 Å². The summed E-state index contributed by atoms with van der Waals surface area (Å²) in [6, 6.07) is 11.6. The van der Waals surface area contributed by atoms with Crippen molar-refractivity contribution >= 4 is 39.1 Å². The lowest BCUT2D eigenvalue weighted by Crippen LogP contribution is -2.50. The van der Waals surface area contributed by atoms with E-state index in [9.17, 15) is 18.0 Å². The molecule has 1 unspecified atom stereocenters. The molecule has 31 heavy (non-hydrogen) atoms. The Kier molecular flexibility index (Phi) is 8.08. The van der Waals surface area contributed by atoms with Crippen LogP contribution in [0.4, 0.5) is 5.69 Å². The standard InChI is InChI=1S/C22H28ClN3O4S/c1-15-7-6-8-18(11-15)13-25(17(3)22(28)24-4)21(27)14-26(31(5,29)30)19-10-9-16(2)20(23)12-19/h6-12,17H,13-14H2,1-5H3,(H,24,28). The highest BCUT2D eigenvalue weighted by atomic mass is 35.5. The smallest absolute Gasteiger partial charge is 0.244 e. The van der Waals surface area contributed by atoms with Crippen LogP contribution in [0.15, 0.2) is 42.5 Å². The molecule has 0 saturated carbocycles. The van der Waals surface area contributed by atoms with Gasteiger partial charge >= 0.3 is 0 Å². The van der Waals surface area contributed by atoms with Gasteiger partial charge in [-0.15, -0.1) is 0 Å². The van der Waals surface area contributed by atoms with E-state index in [4.69, 9.17) is 11.6 Å². The van der Waals surface area contributed by atoms with E-state index in [1.165, 1.54) is 18.0 Å². The van der Waals surface area contributed by atoms with Crippen LogP contribution in [0.25, 0.3) is 0 Å². The maximum atomic E-state index is 13.3. The fourth-order valence-corrected chi connectivity index (χ4v) is 4.17. The van der Waals surface area contributed by atoms with Crippen LogP contribution in [0, 0.1) is 13.8 Å². The topological polar surface area (TPSA) is 86.8 Å². The fourth-order valence-electron chi connectivity index (χ4n) is 3.15. The van der Waals surface area contributed by atoms with Crippen molar-refractivity contribution < 1.29 is 18.0 Å². The Balaban J connectivity index is 2.40. The molecule has 0 aliphatic heterocycles. The average Bonchev–Trinajstić information content (AvgIpc) is 2.70. The van der Waals surface area contributed by atoms with Crippen LogP contribution in [-0.4, -0.2) is 51.0 Å². The number of amides is 2. The van der Waals surface area contributed by atoms with Gasteiger partial charge in [0, 0.05) is 18.6 Å². The molecule has 2 rings (SSSR count). The summed E-state index contributed by atoms with van der Waals surface area (Å²) in [4.78, 5) is 27.0. The second kappa shape index (κ2) is 10.2. The number of halogens is 1. The quantitative estimate of drug-likeness (QED) is 0.649. The minimum Gasteiger partial charge on any atom is -0.357 e. The lowest BCUT2D eigenvalue weighted by atomic mass is 10.1. The molecule has 0 saturated heterocycles. The van der Waals surface area contributed by atoms with E-state index in [2.05, 4.69) is 5.32 Å². The van der Waals surface area contributed by atoms with Crippen LogP contribution in [0.2, 0.25) is 5.02 Å². The summed E-state index contributed by atoms with van der Waals surface area (Å²) in [5, 5.41) is 2.94. The Hall–Kier alpha value is -2.58. The maximum absolute atomic E-state index is 13.3. The number of carbonyl (C=O) groups excluding carboxylic acids is 2. The molecule has 0 heterocycles. The maximum Gasteiger partial charge on any atom is 0.244 e. The van der Waals surface area contributed by atoms with E-state index in [0.717, 1.165) is 27.3 Å². The van der Waals surface area contributed by atoms with Crippen molar-refractivity contribution in [2.75, 3.05) is 24.2 Å². The molecule has 2 aromatic carbocycles. The van der Waals surface area contributed by atoms with Gasteiger partial charge in [0.05, 0.1) is 11.9 Å². The van der Waals surface area contributed by atoms with Crippen molar-refractivity contribution in [3.63, 3.8) is 0 Å². The first-order valence-electron chi connectivity index (χ1n) is 9.74. The second-order valence-electron chi connectivity index (χ2n) is 7.50. The van der Waals surface area contributed by atoms with Gasteiger partial charge in [-0.3, -0.25) is 13.9 Å². The van der Waals surface area contributed by atoms with Crippen molar-refractivity contribution in [2.45, 2.75) is 33.4 Å². The lowest BCUT2D eigenvalue weighted by Gasteiger charge is -2.31. The van der Waals surface area contributed by atoms with Crippen LogP contribution in [0.5, 0.6) is 0 Å². The number of aryl methyl sites for hydroxylation is 2. The number of nitrogens with one attached hydrogen (secondary N) is 1. The molecule has 9 heteroatoms. The molecule has 7 nitrogen and oxygen atoms in total. The van der Waals surface area contributed by atoms with Gasteiger partial charge in [0.1, 0.15) is 12.6 Å². The van der Waals surface area contributed by atoms with E-state index in [-0.39, 0.29) is 18.1 Å². The summed E-state index contributed by atoms with van der Waals surface area (Å²) in [5.41, 5.74) is 2.94. The Labute approximate surface area is 189 Å². The zero-order valence-electron chi connectivity index (χ0n) is 18.3. The van der Waals surface area contributed by atoms with Crippen molar-refractivity contribution in [1.29, 1.82) is 0 Å². The van der Waals surface area contributed by atoms with Gasteiger partial charge in [-0.25, -0.2) is 8.42 Å². The van der Waals surface area contributed by atoms with Crippen molar-refractivity contribution in [3.05, 3.63) is 64.2 Å². The highest BCUT2D eigenvalue weighted by Crippen LogP contribution is 2.25. The molecule has 168 valence electrons. The van der Waals surface area contributed by atoms with Crippen molar-refractivity contribution in [1.82, 2.24) is 10.2 Å². The Morgan fingerprint density at radius 3 is 2.35 bits per heavy atom. The Morgan fingerprint density at radius 2 is 1.81 bits per heavy atom. The molecule has 2 amide bonds. The minimum absolute atomic E-state index is 0.168. The third-order valence-corrected chi connectivity index (χ3v) is 6.52. The molecule has 0 spiro atoms. The zero-order valence-corrected chi connectivity index (χ0v) is 19.9. The number of likely N-dealkylation sites (N-methyl/N-ethyl adjacent to an activating group) is 1. The summed E-state index contributed by atoms with van der Waals surface area (Å²) in [5.74, 6) is -0.843. The van der Waals surface area contributed by atoms with Crippen LogP contribution < -0.4 is 9.62 Å². The first-order chi connectivity index (χ1) is 14.4. The molecule has 1 N–H and O–H groups in total. The third kappa shape index (κ3) is 6.45. The predicted molar refractivity (Wildman–Crippen MR) is 124 cm³/mol. The van der Waals surface area contributed by atoms with Gasteiger partial charge in [0.15, 0.2) is 0 Å². The molecule has 0 aliphatic carbocycles. The fraction of sp³-hybridized carbons (Fsp3) is 0.364. The monoisotopic (exact) mass is 465 g/mol. The summed E-state index contributed by atoms with van der Waals surface area (Å²) in [6.07, 6.45) is 1.03. The lowest BCUT2D eigenvalue weighted by molar-refractivity contribution is -0.139. The first kappa shape index (κ1) is 24.7. The summed E-state index contributed by atoms with van der Waals surface area (Å²) < 4.78 is 26.0. The number of rotatable bonds is 8. The normalized spacial score (nSPS) is 12.2. The highest BCUT2D eigenvalue weighted by molar-refractivity contribution is 7.92. The molecule has 0 aliphatic rings. The van der Waals surface area contributed by atoms with Crippen LogP contribution in [0.1, 0.15) is 23.6 Å². The SMILES string of the molecule is CNC(=O)C(C)N(Cc1cccc(C)c1)C(=O)CN(c1ccc(C)c(Cl)c1)S(C)(=O)=O. The third-order valence-electron chi connectivity index (χ3n) is 4.97. The molecular weight excluding hydrogens is 438 g/mol. The first-order valence-corrected chi connectivity index (χ1v) is 12.0. The van der Waals surface area contributed by atoms with Gasteiger partial charge in [0.2, 0.25) is 21.8 Å². The largest absolute Gasteiger partial charge is 0.357 e. The Bertz CT molecular complexity index is 1070.